The van der Waals surface area contributed by atoms with Crippen LogP contribution >= 0.6 is 0 Å². The van der Waals surface area contributed by atoms with Crippen LogP contribution in [-0.4, -0.2) is 0 Å². The molecular formula is C17H20. The summed E-state index contributed by atoms with van der Waals surface area (Å²) in [7, 11) is 0. The molecule has 0 spiro atoms. The molecule has 0 nitrogen and oxygen atoms in total. The summed E-state index contributed by atoms with van der Waals surface area (Å²) in [5, 5.41) is 0. The minimum absolute atomic E-state index is 0.636. The molecule has 0 N–H and O–H groups in total. The first-order valence-electron chi connectivity index (χ1n) is 6.36. The van der Waals surface area contributed by atoms with Crippen molar-refractivity contribution in [1.29, 1.82) is 0 Å². The Morgan fingerprint density at radius 3 is 2.41 bits per heavy atom. The summed E-state index contributed by atoms with van der Waals surface area (Å²) in [5.41, 5.74) is 4.25. The first-order chi connectivity index (χ1) is 8.25. The van der Waals surface area contributed by atoms with Crippen LogP contribution in [0.1, 0.15) is 36.0 Å². The van der Waals surface area contributed by atoms with Gasteiger partial charge in [-0.3, -0.25) is 0 Å². The lowest BCUT2D eigenvalue weighted by Crippen LogP contribution is -1.96. The van der Waals surface area contributed by atoms with Crippen LogP contribution in [0.25, 0.3) is 0 Å². The highest BCUT2D eigenvalue weighted by Gasteiger charge is 2.04. The van der Waals surface area contributed by atoms with Crippen molar-refractivity contribution >= 4 is 0 Å². The number of rotatable bonds is 4. The van der Waals surface area contributed by atoms with Crippen LogP contribution in [0.5, 0.6) is 0 Å². The van der Waals surface area contributed by atoms with Gasteiger partial charge in [0.1, 0.15) is 0 Å². The van der Waals surface area contributed by atoms with Crippen molar-refractivity contribution < 1.29 is 0 Å². The summed E-state index contributed by atoms with van der Waals surface area (Å²) in [6.07, 6.45) is 2.38. The maximum Gasteiger partial charge on any atom is -0.0187 e. The van der Waals surface area contributed by atoms with E-state index in [1.807, 2.05) is 0 Å². The predicted molar refractivity (Wildman–Crippen MR) is 74.4 cm³/mol. The van der Waals surface area contributed by atoms with Gasteiger partial charge in [-0.15, -0.1) is 0 Å². The van der Waals surface area contributed by atoms with Crippen LogP contribution in [-0.2, 0) is 6.42 Å². The summed E-state index contributed by atoms with van der Waals surface area (Å²) >= 11 is 0. The van der Waals surface area contributed by atoms with Crippen LogP contribution in [0.4, 0.5) is 0 Å². The third-order valence-corrected chi connectivity index (χ3v) is 3.32. The normalized spacial score (nSPS) is 12.4. The fourth-order valence-corrected chi connectivity index (χ4v) is 2.20. The molecule has 0 radical (unpaired) electrons. The molecule has 0 amide bonds. The van der Waals surface area contributed by atoms with Crippen molar-refractivity contribution in [3.8, 4) is 0 Å². The van der Waals surface area contributed by atoms with E-state index in [9.17, 15) is 0 Å². The van der Waals surface area contributed by atoms with E-state index >= 15 is 0 Å². The van der Waals surface area contributed by atoms with Gasteiger partial charge in [0, 0.05) is 0 Å². The van der Waals surface area contributed by atoms with E-state index < -0.39 is 0 Å². The molecule has 0 aliphatic rings. The summed E-state index contributed by atoms with van der Waals surface area (Å²) in [6.45, 7) is 4.47. The Morgan fingerprint density at radius 1 is 0.941 bits per heavy atom. The van der Waals surface area contributed by atoms with E-state index in [1.165, 1.54) is 23.1 Å². The highest BCUT2D eigenvalue weighted by atomic mass is 14.1. The summed E-state index contributed by atoms with van der Waals surface area (Å²) < 4.78 is 0. The Kier molecular flexibility index (Phi) is 3.98. The topological polar surface area (TPSA) is 0 Å². The molecule has 1 unspecified atom stereocenters. The second-order valence-corrected chi connectivity index (χ2v) is 4.84. The lowest BCUT2D eigenvalue weighted by atomic mass is 9.94. The number of benzene rings is 2. The van der Waals surface area contributed by atoms with Crippen molar-refractivity contribution in [3.05, 3.63) is 71.3 Å². The third kappa shape index (κ3) is 3.45. The highest BCUT2D eigenvalue weighted by Crippen LogP contribution is 2.21. The Balaban J connectivity index is 1.95. The van der Waals surface area contributed by atoms with E-state index in [0.717, 1.165) is 6.42 Å². The molecule has 0 saturated carbocycles. The second kappa shape index (κ2) is 5.67. The monoisotopic (exact) mass is 224 g/mol. The van der Waals surface area contributed by atoms with Crippen molar-refractivity contribution in [1.82, 2.24) is 0 Å². The first kappa shape index (κ1) is 11.9. The van der Waals surface area contributed by atoms with Gasteiger partial charge in [-0.1, -0.05) is 67.1 Å². The van der Waals surface area contributed by atoms with E-state index in [4.69, 9.17) is 0 Å². The standard InChI is InChI=1S/C17H20/c1-14-7-6-8-16(13-14)12-11-15(2)17-9-4-3-5-10-17/h3-10,13,15H,11-12H2,1-2H3. The van der Waals surface area contributed by atoms with Crippen molar-refractivity contribution in [3.63, 3.8) is 0 Å². The van der Waals surface area contributed by atoms with Gasteiger partial charge in [-0.05, 0) is 36.8 Å². The summed E-state index contributed by atoms with van der Waals surface area (Å²) in [4.78, 5) is 0. The molecule has 0 bridgehead atoms. The minimum atomic E-state index is 0.636. The van der Waals surface area contributed by atoms with Gasteiger partial charge in [0.2, 0.25) is 0 Å². The molecule has 2 aromatic carbocycles. The molecule has 0 heteroatoms. The van der Waals surface area contributed by atoms with Crippen LogP contribution in [0.2, 0.25) is 0 Å². The average Bonchev–Trinajstić information content (AvgIpc) is 2.37. The number of hydrogen-bond donors (Lipinski definition) is 0. The summed E-state index contributed by atoms with van der Waals surface area (Å²) in [5.74, 6) is 0.636. The maximum absolute atomic E-state index is 2.31. The molecule has 2 rings (SSSR count). The van der Waals surface area contributed by atoms with E-state index in [1.54, 1.807) is 0 Å². The lowest BCUT2D eigenvalue weighted by molar-refractivity contribution is 0.679. The zero-order chi connectivity index (χ0) is 12.1. The highest BCUT2D eigenvalue weighted by molar-refractivity contribution is 5.23. The quantitative estimate of drug-likeness (QED) is 0.704. The smallest absolute Gasteiger partial charge is 0.0187 e. The summed E-state index contributed by atoms with van der Waals surface area (Å²) in [6, 6.07) is 19.6. The average molecular weight is 224 g/mol. The first-order valence-corrected chi connectivity index (χ1v) is 6.36. The van der Waals surface area contributed by atoms with Crippen molar-refractivity contribution in [2.24, 2.45) is 0 Å². The molecule has 1 atom stereocenters. The van der Waals surface area contributed by atoms with Gasteiger partial charge in [0.25, 0.3) is 0 Å². The third-order valence-electron chi connectivity index (χ3n) is 3.32. The molecule has 0 heterocycles. The predicted octanol–water partition coefficient (Wildman–Crippen LogP) is 4.73. The largest absolute Gasteiger partial charge is 0.0622 e. The lowest BCUT2D eigenvalue weighted by Gasteiger charge is -2.11. The number of aryl methyl sites for hydroxylation is 2. The van der Waals surface area contributed by atoms with E-state index in [0.29, 0.717) is 5.92 Å². The van der Waals surface area contributed by atoms with Crippen LogP contribution in [0.3, 0.4) is 0 Å². The molecule has 0 aromatic heterocycles. The molecule has 0 aliphatic heterocycles. The molecule has 0 aliphatic carbocycles. The minimum Gasteiger partial charge on any atom is -0.0622 e. The Hall–Kier alpha value is -1.56. The van der Waals surface area contributed by atoms with Crippen LogP contribution < -0.4 is 0 Å². The van der Waals surface area contributed by atoms with Crippen LogP contribution in [0, 0.1) is 6.92 Å². The van der Waals surface area contributed by atoms with Gasteiger partial charge in [0.05, 0.1) is 0 Å². The van der Waals surface area contributed by atoms with Gasteiger partial charge in [0.15, 0.2) is 0 Å². The van der Waals surface area contributed by atoms with Crippen molar-refractivity contribution in [2.45, 2.75) is 32.6 Å². The van der Waals surface area contributed by atoms with Gasteiger partial charge in [-0.25, -0.2) is 0 Å². The zero-order valence-electron chi connectivity index (χ0n) is 10.7. The molecule has 88 valence electrons. The van der Waals surface area contributed by atoms with Gasteiger partial charge >= 0.3 is 0 Å². The van der Waals surface area contributed by atoms with E-state index in [2.05, 4.69) is 68.4 Å². The fourth-order valence-electron chi connectivity index (χ4n) is 2.20. The maximum atomic E-state index is 2.31. The van der Waals surface area contributed by atoms with Crippen LogP contribution in [0.15, 0.2) is 54.6 Å². The second-order valence-electron chi connectivity index (χ2n) is 4.84. The Morgan fingerprint density at radius 2 is 1.71 bits per heavy atom. The van der Waals surface area contributed by atoms with Gasteiger partial charge < -0.3 is 0 Å². The Bertz CT molecular complexity index is 456. The molecule has 2 aromatic rings. The molecule has 0 saturated heterocycles. The fraction of sp³-hybridized carbons (Fsp3) is 0.294. The van der Waals surface area contributed by atoms with Gasteiger partial charge in [-0.2, -0.15) is 0 Å². The molecule has 17 heavy (non-hydrogen) atoms. The van der Waals surface area contributed by atoms with E-state index in [-0.39, 0.29) is 0 Å². The Labute approximate surface area is 104 Å². The van der Waals surface area contributed by atoms with Crippen molar-refractivity contribution in [2.75, 3.05) is 0 Å². The SMILES string of the molecule is Cc1cccc(CCC(C)c2ccccc2)c1. The number of hydrogen-bond acceptors (Lipinski definition) is 0. The molecule has 0 fully saturated rings. The molecular weight excluding hydrogens is 204 g/mol. The zero-order valence-corrected chi connectivity index (χ0v) is 10.7.